The van der Waals surface area contributed by atoms with E-state index in [2.05, 4.69) is 11.2 Å². The maximum absolute atomic E-state index is 4.37. The smallest absolute Gasteiger partial charge is 0.0527 e. The summed E-state index contributed by atoms with van der Waals surface area (Å²) in [5.74, 6) is 0.954. The molecule has 1 aliphatic heterocycles. The Bertz CT molecular complexity index is 118. The van der Waals surface area contributed by atoms with Crippen LogP contribution in [0.3, 0.4) is 0 Å². The van der Waals surface area contributed by atoms with Crippen molar-refractivity contribution in [2.24, 2.45) is 10.9 Å². The summed E-state index contributed by atoms with van der Waals surface area (Å²) in [5.41, 5.74) is 0. The number of nitrogens with zero attached hydrogens (tertiary/aromatic N) is 1. The second-order valence-electron chi connectivity index (χ2n) is 2.83. The maximum atomic E-state index is 4.37. The first-order chi connectivity index (χ1) is 3.97. The van der Waals surface area contributed by atoms with Crippen LogP contribution in [0.4, 0.5) is 0 Å². The molecule has 0 aromatic heterocycles. The standard InChI is InChI=1S/C7H11N/c1-2-6-4-5-8-7(6)3-1/h5-7H,1-4H2/t6-,7-/m0/s1. The lowest BCUT2D eigenvalue weighted by Gasteiger charge is -2.02. The van der Waals surface area contributed by atoms with E-state index in [1.165, 1.54) is 25.7 Å². The highest BCUT2D eigenvalue weighted by atomic mass is 14.8. The third kappa shape index (κ3) is 0.504. The highest BCUT2D eigenvalue weighted by molar-refractivity contribution is 5.60. The normalized spacial score (nSPS) is 43.0. The summed E-state index contributed by atoms with van der Waals surface area (Å²) in [4.78, 5) is 4.37. The van der Waals surface area contributed by atoms with Crippen LogP contribution in [-0.2, 0) is 0 Å². The number of hydrogen-bond donors (Lipinski definition) is 0. The number of rotatable bonds is 0. The lowest BCUT2D eigenvalue weighted by molar-refractivity contribution is 0.536. The van der Waals surface area contributed by atoms with Gasteiger partial charge in [0.2, 0.25) is 0 Å². The van der Waals surface area contributed by atoms with E-state index in [4.69, 9.17) is 0 Å². The minimum absolute atomic E-state index is 0.745. The van der Waals surface area contributed by atoms with Crippen molar-refractivity contribution < 1.29 is 0 Å². The molecule has 1 saturated carbocycles. The molecule has 0 spiro atoms. The number of fused-ring (bicyclic) bond motifs is 1. The second kappa shape index (κ2) is 1.57. The fourth-order valence-electron chi connectivity index (χ4n) is 1.82. The average molecular weight is 109 g/mol. The molecule has 0 N–H and O–H groups in total. The molecule has 1 heteroatoms. The van der Waals surface area contributed by atoms with Crippen LogP contribution >= 0.6 is 0 Å². The largest absolute Gasteiger partial charge is 0.294 e. The van der Waals surface area contributed by atoms with E-state index in [9.17, 15) is 0 Å². The Balaban J connectivity index is 2.13. The third-order valence-electron chi connectivity index (χ3n) is 2.32. The van der Waals surface area contributed by atoms with Gasteiger partial charge in [-0.1, -0.05) is 6.42 Å². The Morgan fingerprint density at radius 1 is 1.38 bits per heavy atom. The fraction of sp³-hybridized carbons (Fsp3) is 0.857. The van der Waals surface area contributed by atoms with Crippen molar-refractivity contribution in [2.45, 2.75) is 31.7 Å². The minimum Gasteiger partial charge on any atom is -0.294 e. The molecular formula is C7H11N. The van der Waals surface area contributed by atoms with Crippen molar-refractivity contribution in [1.29, 1.82) is 0 Å². The summed E-state index contributed by atoms with van der Waals surface area (Å²) in [5, 5.41) is 0. The predicted molar refractivity (Wildman–Crippen MR) is 34.2 cm³/mol. The molecule has 0 radical (unpaired) electrons. The van der Waals surface area contributed by atoms with E-state index >= 15 is 0 Å². The van der Waals surface area contributed by atoms with Crippen molar-refractivity contribution in [3.8, 4) is 0 Å². The van der Waals surface area contributed by atoms with Crippen LogP contribution in [0.15, 0.2) is 4.99 Å². The highest BCUT2D eigenvalue weighted by Gasteiger charge is 2.28. The third-order valence-corrected chi connectivity index (χ3v) is 2.32. The van der Waals surface area contributed by atoms with Crippen molar-refractivity contribution in [2.75, 3.05) is 0 Å². The highest BCUT2D eigenvalue weighted by Crippen LogP contribution is 2.33. The van der Waals surface area contributed by atoms with Crippen LogP contribution in [0.1, 0.15) is 25.7 Å². The predicted octanol–water partition coefficient (Wildman–Crippen LogP) is 1.63. The van der Waals surface area contributed by atoms with Gasteiger partial charge >= 0.3 is 0 Å². The molecular weight excluding hydrogens is 98.1 g/mol. The Labute approximate surface area is 49.8 Å². The van der Waals surface area contributed by atoms with Crippen molar-refractivity contribution in [3.05, 3.63) is 0 Å². The Morgan fingerprint density at radius 2 is 2.38 bits per heavy atom. The average Bonchev–Trinajstić information content (AvgIpc) is 2.15. The zero-order valence-electron chi connectivity index (χ0n) is 5.01. The van der Waals surface area contributed by atoms with Gasteiger partial charge in [0, 0.05) is 0 Å². The van der Waals surface area contributed by atoms with Crippen molar-refractivity contribution in [3.63, 3.8) is 0 Å². The van der Waals surface area contributed by atoms with Crippen LogP contribution in [0, 0.1) is 5.92 Å². The molecule has 0 saturated heterocycles. The lowest BCUT2D eigenvalue weighted by atomic mass is 10.0. The summed E-state index contributed by atoms with van der Waals surface area (Å²) < 4.78 is 0. The van der Waals surface area contributed by atoms with E-state index in [1.54, 1.807) is 0 Å². The van der Waals surface area contributed by atoms with Crippen LogP contribution < -0.4 is 0 Å². The van der Waals surface area contributed by atoms with E-state index in [0.717, 1.165) is 12.0 Å². The molecule has 1 aliphatic carbocycles. The van der Waals surface area contributed by atoms with Crippen LogP contribution in [0.2, 0.25) is 0 Å². The SMILES string of the molecule is C1=N[C@H]2CCC[C@H]2C1. The van der Waals surface area contributed by atoms with E-state index in [-0.39, 0.29) is 0 Å². The van der Waals surface area contributed by atoms with Gasteiger partial charge in [0.25, 0.3) is 0 Å². The molecule has 1 fully saturated rings. The van der Waals surface area contributed by atoms with Crippen LogP contribution in [0.25, 0.3) is 0 Å². The monoisotopic (exact) mass is 109 g/mol. The molecule has 8 heavy (non-hydrogen) atoms. The molecule has 1 nitrogen and oxygen atoms in total. The summed E-state index contributed by atoms with van der Waals surface area (Å²) in [6.45, 7) is 0. The first-order valence-electron chi connectivity index (χ1n) is 3.48. The van der Waals surface area contributed by atoms with Gasteiger partial charge in [-0.2, -0.15) is 0 Å². The minimum atomic E-state index is 0.745. The summed E-state index contributed by atoms with van der Waals surface area (Å²) in [7, 11) is 0. The van der Waals surface area contributed by atoms with Gasteiger partial charge in [0.05, 0.1) is 6.04 Å². The summed E-state index contributed by atoms with van der Waals surface area (Å²) >= 11 is 0. The van der Waals surface area contributed by atoms with Crippen LogP contribution in [0.5, 0.6) is 0 Å². The van der Waals surface area contributed by atoms with Crippen LogP contribution in [-0.4, -0.2) is 12.3 Å². The summed E-state index contributed by atoms with van der Waals surface area (Å²) in [6, 6.07) is 0.745. The molecule has 0 aromatic rings. The molecule has 1 heterocycles. The van der Waals surface area contributed by atoms with Gasteiger partial charge < -0.3 is 0 Å². The van der Waals surface area contributed by atoms with Crippen molar-refractivity contribution >= 4 is 6.21 Å². The van der Waals surface area contributed by atoms with Crippen molar-refractivity contribution in [1.82, 2.24) is 0 Å². The fourth-order valence-corrected chi connectivity index (χ4v) is 1.82. The zero-order chi connectivity index (χ0) is 5.40. The van der Waals surface area contributed by atoms with E-state index in [1.807, 2.05) is 0 Å². The number of aliphatic imine (C=N–C) groups is 1. The second-order valence-corrected chi connectivity index (χ2v) is 2.83. The molecule has 0 aromatic carbocycles. The molecule has 2 atom stereocenters. The maximum Gasteiger partial charge on any atom is 0.0527 e. The van der Waals surface area contributed by atoms with E-state index in [0.29, 0.717) is 0 Å². The topological polar surface area (TPSA) is 12.4 Å². The van der Waals surface area contributed by atoms with Gasteiger partial charge in [-0.3, -0.25) is 4.99 Å². The molecule has 44 valence electrons. The molecule has 0 unspecified atom stereocenters. The Kier molecular flexibility index (Phi) is 0.893. The Hall–Kier alpha value is -0.330. The Morgan fingerprint density at radius 3 is 3.25 bits per heavy atom. The number of hydrogen-bond acceptors (Lipinski definition) is 1. The van der Waals surface area contributed by atoms with E-state index < -0.39 is 0 Å². The molecule has 2 aliphatic rings. The zero-order valence-corrected chi connectivity index (χ0v) is 5.01. The first-order valence-corrected chi connectivity index (χ1v) is 3.48. The molecule has 2 rings (SSSR count). The summed E-state index contributed by atoms with van der Waals surface area (Å²) in [6.07, 6.45) is 7.59. The first kappa shape index (κ1) is 4.54. The van der Waals surface area contributed by atoms with Gasteiger partial charge in [-0.05, 0) is 31.4 Å². The van der Waals surface area contributed by atoms with Gasteiger partial charge in [-0.25, -0.2) is 0 Å². The quantitative estimate of drug-likeness (QED) is 0.448. The molecule has 0 amide bonds. The van der Waals surface area contributed by atoms with Gasteiger partial charge in [-0.15, -0.1) is 0 Å². The lowest BCUT2D eigenvalue weighted by Crippen LogP contribution is -2.03. The van der Waals surface area contributed by atoms with Gasteiger partial charge in [0.1, 0.15) is 0 Å². The molecule has 0 bridgehead atoms. The van der Waals surface area contributed by atoms with Gasteiger partial charge in [0.15, 0.2) is 0 Å².